The molecule has 1 aliphatic rings. The van der Waals surface area contributed by atoms with Crippen molar-refractivity contribution >= 4 is 52.2 Å². The number of nitrogens with zero attached hydrogens (tertiary/aromatic N) is 5. The Morgan fingerprint density at radius 1 is 0.974 bits per heavy atom. The molecule has 0 aliphatic carbocycles. The predicted molar refractivity (Wildman–Crippen MR) is 156 cm³/mol. The Hall–Kier alpha value is -3.31. The first-order valence-electron chi connectivity index (χ1n) is 12.6. The largest absolute Gasteiger partial charge is 0.495 e. The highest BCUT2D eigenvalue weighted by molar-refractivity contribution is 6.41. The van der Waals surface area contributed by atoms with Crippen molar-refractivity contribution in [1.29, 1.82) is 0 Å². The van der Waals surface area contributed by atoms with Crippen molar-refractivity contribution in [3.63, 3.8) is 0 Å². The maximum absolute atomic E-state index is 13.1. The van der Waals surface area contributed by atoms with E-state index in [-0.39, 0.29) is 15.7 Å². The molecule has 0 spiro atoms. The second-order valence-electron chi connectivity index (χ2n) is 9.07. The maximum Gasteiger partial charge on any atom is 0.327 e. The van der Waals surface area contributed by atoms with Gasteiger partial charge in [-0.3, -0.25) is 9.80 Å². The predicted octanol–water partition coefficient (Wildman–Crippen LogP) is 5.35. The number of amides is 2. The minimum absolute atomic E-state index is 0.154. The van der Waals surface area contributed by atoms with E-state index in [4.69, 9.17) is 32.7 Å². The van der Waals surface area contributed by atoms with Crippen LogP contribution in [0.15, 0.2) is 42.7 Å². The molecule has 10 nitrogen and oxygen atoms in total. The summed E-state index contributed by atoms with van der Waals surface area (Å²) in [5, 5.41) is 6.30. The molecule has 39 heavy (non-hydrogen) atoms. The number of methoxy groups -OCH3 is 2. The van der Waals surface area contributed by atoms with Crippen LogP contribution in [0.3, 0.4) is 0 Å². The third-order valence-electron chi connectivity index (χ3n) is 6.65. The SMILES string of the molecule is CCN1CCN(Cc2ccc(Nc3cc(N(C)C(=O)Nc4c(Cl)c(OC)cc(OC)c4Cl)ncn3)cc2)CC1. The number of carbonyl (C=O) groups excluding carboxylic acids is 1. The second kappa shape index (κ2) is 13.2. The zero-order chi connectivity index (χ0) is 27.9. The molecule has 12 heteroatoms. The van der Waals surface area contributed by atoms with E-state index in [1.54, 1.807) is 19.2 Å². The Kier molecular flexibility index (Phi) is 9.68. The van der Waals surface area contributed by atoms with E-state index in [0.29, 0.717) is 23.1 Å². The first kappa shape index (κ1) is 28.7. The Morgan fingerprint density at radius 2 is 1.59 bits per heavy atom. The lowest BCUT2D eigenvalue weighted by atomic mass is 10.1. The van der Waals surface area contributed by atoms with Crippen LogP contribution in [-0.2, 0) is 6.54 Å². The number of likely N-dealkylation sites (N-methyl/N-ethyl adjacent to an activating group) is 1. The molecule has 2 amide bonds. The van der Waals surface area contributed by atoms with Gasteiger partial charge in [0.2, 0.25) is 0 Å². The number of halogens is 2. The van der Waals surface area contributed by atoms with Crippen molar-refractivity contribution in [3.8, 4) is 11.5 Å². The molecule has 4 rings (SSSR count). The lowest BCUT2D eigenvalue weighted by molar-refractivity contribution is 0.132. The zero-order valence-corrected chi connectivity index (χ0v) is 24.0. The fraction of sp³-hybridized carbons (Fsp3) is 0.370. The summed E-state index contributed by atoms with van der Waals surface area (Å²) >= 11 is 12.8. The molecule has 3 aromatic rings. The van der Waals surface area contributed by atoms with Gasteiger partial charge in [-0.05, 0) is 24.2 Å². The molecule has 1 aliphatic heterocycles. The van der Waals surface area contributed by atoms with Crippen molar-refractivity contribution in [2.45, 2.75) is 13.5 Å². The monoisotopic (exact) mass is 573 g/mol. The van der Waals surface area contributed by atoms with Gasteiger partial charge in [0.25, 0.3) is 0 Å². The van der Waals surface area contributed by atoms with Crippen molar-refractivity contribution in [1.82, 2.24) is 19.8 Å². The van der Waals surface area contributed by atoms with Gasteiger partial charge in [0.1, 0.15) is 39.5 Å². The molecular weight excluding hydrogens is 541 g/mol. The lowest BCUT2D eigenvalue weighted by Gasteiger charge is -2.34. The number of carbonyl (C=O) groups is 1. The number of urea groups is 1. The number of aromatic nitrogens is 2. The molecule has 2 N–H and O–H groups in total. The summed E-state index contributed by atoms with van der Waals surface area (Å²) in [6, 6.07) is 11.0. The van der Waals surface area contributed by atoms with Crippen LogP contribution in [0.1, 0.15) is 12.5 Å². The van der Waals surface area contributed by atoms with Gasteiger partial charge in [0.15, 0.2) is 0 Å². The normalized spacial score (nSPS) is 14.1. The number of anilines is 4. The standard InChI is InChI=1S/C27H33Cl2N7O3/c1-5-35-10-12-36(13-11-35)16-18-6-8-19(9-7-18)32-22-15-23(31-17-30-22)34(2)27(37)33-26-24(28)20(38-3)14-21(39-4)25(26)29/h6-9,14-15,17H,5,10-13,16H2,1-4H3,(H,33,37)(H,30,31,32). The van der Waals surface area contributed by atoms with E-state index < -0.39 is 6.03 Å². The van der Waals surface area contributed by atoms with Gasteiger partial charge in [0, 0.05) is 57.6 Å². The Bertz CT molecular complexity index is 1260. The Labute approximate surface area is 238 Å². The molecule has 0 bridgehead atoms. The summed E-state index contributed by atoms with van der Waals surface area (Å²) in [6.45, 7) is 8.66. The zero-order valence-electron chi connectivity index (χ0n) is 22.5. The Morgan fingerprint density at radius 3 is 2.18 bits per heavy atom. The van der Waals surface area contributed by atoms with Crippen molar-refractivity contribution in [3.05, 3.63) is 58.3 Å². The number of nitrogens with one attached hydrogen (secondary N) is 2. The second-order valence-corrected chi connectivity index (χ2v) is 9.82. The molecule has 0 unspecified atom stereocenters. The molecule has 2 aromatic carbocycles. The fourth-order valence-corrected chi connectivity index (χ4v) is 4.85. The molecule has 0 radical (unpaired) electrons. The summed E-state index contributed by atoms with van der Waals surface area (Å²) in [5.41, 5.74) is 2.32. The lowest BCUT2D eigenvalue weighted by Crippen LogP contribution is -2.45. The van der Waals surface area contributed by atoms with Crippen LogP contribution in [0, 0.1) is 0 Å². The van der Waals surface area contributed by atoms with Gasteiger partial charge < -0.3 is 25.0 Å². The maximum atomic E-state index is 13.1. The van der Waals surface area contributed by atoms with Crippen LogP contribution < -0.4 is 25.0 Å². The molecule has 0 saturated carbocycles. The van der Waals surface area contributed by atoms with Gasteiger partial charge in [-0.15, -0.1) is 0 Å². The average Bonchev–Trinajstić information content (AvgIpc) is 2.96. The first-order chi connectivity index (χ1) is 18.8. The van der Waals surface area contributed by atoms with Crippen molar-refractivity contribution in [2.24, 2.45) is 0 Å². The number of hydrogen-bond donors (Lipinski definition) is 2. The third kappa shape index (κ3) is 7.02. The van der Waals surface area contributed by atoms with Gasteiger partial charge >= 0.3 is 6.03 Å². The van der Waals surface area contributed by atoms with Crippen LogP contribution in [0.2, 0.25) is 10.0 Å². The van der Waals surface area contributed by atoms with Crippen LogP contribution >= 0.6 is 23.2 Å². The van der Waals surface area contributed by atoms with Crippen LogP contribution in [0.25, 0.3) is 0 Å². The van der Waals surface area contributed by atoms with Crippen molar-refractivity contribution in [2.75, 3.05) is 69.5 Å². The Balaban J connectivity index is 1.40. The van der Waals surface area contributed by atoms with E-state index in [2.05, 4.69) is 49.5 Å². The highest BCUT2D eigenvalue weighted by atomic mass is 35.5. The molecule has 1 fully saturated rings. The van der Waals surface area contributed by atoms with E-state index in [1.165, 1.54) is 31.0 Å². The van der Waals surface area contributed by atoms with Crippen LogP contribution in [0.4, 0.5) is 27.8 Å². The van der Waals surface area contributed by atoms with Crippen LogP contribution in [0.5, 0.6) is 11.5 Å². The van der Waals surface area contributed by atoms with Crippen LogP contribution in [-0.4, -0.2) is 79.8 Å². The smallest absolute Gasteiger partial charge is 0.327 e. The molecule has 1 saturated heterocycles. The number of rotatable bonds is 9. The number of benzene rings is 2. The minimum Gasteiger partial charge on any atom is -0.495 e. The molecule has 208 valence electrons. The summed E-state index contributed by atoms with van der Waals surface area (Å²) in [4.78, 5) is 27.9. The minimum atomic E-state index is -0.511. The van der Waals surface area contributed by atoms with Gasteiger partial charge in [-0.1, -0.05) is 42.3 Å². The van der Waals surface area contributed by atoms with Gasteiger partial charge in [-0.2, -0.15) is 0 Å². The van der Waals surface area contributed by atoms with E-state index in [1.807, 2.05) is 12.1 Å². The summed E-state index contributed by atoms with van der Waals surface area (Å²) in [5.74, 6) is 1.54. The summed E-state index contributed by atoms with van der Waals surface area (Å²) < 4.78 is 10.5. The third-order valence-corrected chi connectivity index (χ3v) is 7.40. The number of ether oxygens (including phenoxy) is 2. The summed E-state index contributed by atoms with van der Waals surface area (Å²) in [7, 11) is 4.50. The average molecular weight is 575 g/mol. The van der Waals surface area contributed by atoms with Gasteiger partial charge in [0.05, 0.1) is 19.9 Å². The quantitative estimate of drug-likeness (QED) is 0.353. The van der Waals surface area contributed by atoms with Crippen molar-refractivity contribution < 1.29 is 14.3 Å². The molecular formula is C27H33Cl2N7O3. The fourth-order valence-electron chi connectivity index (χ4n) is 4.25. The van der Waals surface area contributed by atoms with E-state index in [0.717, 1.165) is 45.0 Å². The molecule has 0 atom stereocenters. The topological polar surface area (TPSA) is 95.1 Å². The molecule has 2 heterocycles. The molecule has 1 aromatic heterocycles. The van der Waals surface area contributed by atoms with Gasteiger partial charge in [-0.25, -0.2) is 14.8 Å². The first-order valence-corrected chi connectivity index (χ1v) is 13.4. The van der Waals surface area contributed by atoms with E-state index >= 15 is 0 Å². The number of piperazine rings is 1. The van der Waals surface area contributed by atoms with E-state index in [9.17, 15) is 4.79 Å². The summed E-state index contributed by atoms with van der Waals surface area (Å²) in [6.07, 6.45) is 1.39. The number of hydrogen-bond acceptors (Lipinski definition) is 8. The highest BCUT2D eigenvalue weighted by Crippen LogP contribution is 2.44. The highest BCUT2D eigenvalue weighted by Gasteiger charge is 2.22.